The number of hydrogen-bond donors (Lipinski definition) is 1. The molecule has 2 heterocycles. The Labute approximate surface area is 143 Å². The van der Waals surface area contributed by atoms with Gasteiger partial charge in [0.05, 0.1) is 11.8 Å². The molecule has 0 bridgehead atoms. The lowest BCUT2D eigenvalue weighted by molar-refractivity contribution is -0.111. The Morgan fingerprint density at radius 2 is 2.17 bits per heavy atom. The average molecular weight is 336 g/mol. The lowest BCUT2D eigenvalue weighted by Gasteiger charge is -2.52. The van der Waals surface area contributed by atoms with Crippen LogP contribution in [0.3, 0.4) is 0 Å². The summed E-state index contributed by atoms with van der Waals surface area (Å²) in [6.45, 7) is 11.0. The first kappa shape index (κ1) is 17.2. The number of carbonyl (C=O) groups is 1. The summed E-state index contributed by atoms with van der Waals surface area (Å²) in [7, 11) is 0. The van der Waals surface area contributed by atoms with E-state index in [0.717, 1.165) is 51.4 Å². The third-order valence-electron chi connectivity index (χ3n) is 5.38. The van der Waals surface area contributed by atoms with Crippen molar-refractivity contribution in [2.45, 2.75) is 45.9 Å². The second-order valence-corrected chi connectivity index (χ2v) is 7.26. The van der Waals surface area contributed by atoms with Gasteiger partial charge in [-0.3, -0.25) is 4.90 Å². The summed E-state index contributed by atoms with van der Waals surface area (Å²) in [4.78, 5) is 16.7. The molecule has 7 heteroatoms. The molecule has 7 nitrogen and oxygen atoms in total. The lowest BCUT2D eigenvalue weighted by atomic mass is 9.64. The molecule has 1 aliphatic carbocycles. The molecule has 1 saturated heterocycles. The SMILES string of the molecule is CCO[C@H]1C[C@H](NC(=O)N2CCN(Cc3ccon3)CC2)C1(C)C. The Hall–Kier alpha value is -1.60. The molecule has 1 aromatic rings. The second kappa shape index (κ2) is 7.11. The van der Waals surface area contributed by atoms with Gasteiger partial charge >= 0.3 is 6.03 Å². The number of aromatic nitrogens is 1. The summed E-state index contributed by atoms with van der Waals surface area (Å²) in [5.41, 5.74) is 0.937. The molecule has 0 unspecified atom stereocenters. The van der Waals surface area contributed by atoms with Gasteiger partial charge in [-0.1, -0.05) is 19.0 Å². The molecule has 0 spiro atoms. The van der Waals surface area contributed by atoms with Crippen molar-refractivity contribution < 1.29 is 14.1 Å². The number of nitrogens with zero attached hydrogens (tertiary/aromatic N) is 3. The van der Waals surface area contributed by atoms with Gasteiger partial charge < -0.3 is 19.5 Å². The van der Waals surface area contributed by atoms with E-state index in [9.17, 15) is 4.79 Å². The van der Waals surface area contributed by atoms with Crippen LogP contribution in [0.25, 0.3) is 0 Å². The summed E-state index contributed by atoms with van der Waals surface area (Å²) in [6, 6.07) is 2.12. The van der Waals surface area contributed by atoms with Crippen LogP contribution in [0.4, 0.5) is 4.79 Å². The van der Waals surface area contributed by atoms with Gasteiger partial charge in [-0.2, -0.15) is 0 Å². The van der Waals surface area contributed by atoms with Crippen molar-refractivity contribution in [3.05, 3.63) is 18.0 Å². The fourth-order valence-electron chi connectivity index (χ4n) is 3.51. The molecule has 24 heavy (non-hydrogen) atoms. The predicted molar refractivity (Wildman–Crippen MR) is 89.5 cm³/mol. The minimum atomic E-state index is 0.000441. The van der Waals surface area contributed by atoms with E-state index >= 15 is 0 Å². The molecular formula is C17H28N4O3. The standard InChI is InChI=1S/C17H28N4O3/c1-4-23-15-11-14(17(15,2)3)18-16(22)21-8-6-20(7-9-21)12-13-5-10-24-19-13/h5,10,14-15H,4,6-9,11-12H2,1-3H3,(H,18,22)/t14-,15-/m0/s1. The zero-order valence-electron chi connectivity index (χ0n) is 14.8. The number of nitrogens with one attached hydrogen (secondary N) is 1. The first-order valence-electron chi connectivity index (χ1n) is 8.79. The maximum atomic E-state index is 12.5. The minimum Gasteiger partial charge on any atom is -0.378 e. The molecule has 1 aliphatic heterocycles. The Bertz CT molecular complexity index is 538. The quantitative estimate of drug-likeness (QED) is 0.886. The molecule has 2 aliphatic rings. The molecule has 2 atom stereocenters. The average Bonchev–Trinajstić information content (AvgIpc) is 3.07. The van der Waals surface area contributed by atoms with Gasteiger partial charge in [0.15, 0.2) is 0 Å². The highest BCUT2D eigenvalue weighted by Crippen LogP contribution is 2.42. The van der Waals surface area contributed by atoms with Gasteiger partial charge in [0.25, 0.3) is 0 Å². The fraction of sp³-hybridized carbons (Fsp3) is 0.765. The van der Waals surface area contributed by atoms with Crippen LogP contribution in [0.1, 0.15) is 32.9 Å². The molecule has 2 amide bonds. The van der Waals surface area contributed by atoms with Crippen molar-refractivity contribution in [1.29, 1.82) is 0 Å². The molecule has 1 saturated carbocycles. The Balaban J connectivity index is 1.43. The van der Waals surface area contributed by atoms with Crippen LogP contribution in [0.5, 0.6) is 0 Å². The lowest BCUT2D eigenvalue weighted by Crippen LogP contribution is -2.64. The minimum absolute atomic E-state index is 0.000441. The monoisotopic (exact) mass is 336 g/mol. The van der Waals surface area contributed by atoms with Gasteiger partial charge in [0.2, 0.25) is 0 Å². The van der Waals surface area contributed by atoms with Crippen molar-refractivity contribution in [2.24, 2.45) is 5.41 Å². The van der Waals surface area contributed by atoms with Crippen molar-refractivity contribution in [2.75, 3.05) is 32.8 Å². The summed E-state index contributed by atoms with van der Waals surface area (Å²) in [5.74, 6) is 0. The van der Waals surface area contributed by atoms with Crippen LogP contribution < -0.4 is 5.32 Å². The van der Waals surface area contributed by atoms with Gasteiger partial charge in [0, 0.05) is 56.9 Å². The molecule has 2 fully saturated rings. The Morgan fingerprint density at radius 1 is 1.42 bits per heavy atom. The number of hydrogen-bond acceptors (Lipinski definition) is 5. The molecule has 134 valence electrons. The number of ether oxygens (including phenoxy) is 1. The van der Waals surface area contributed by atoms with Crippen LogP contribution >= 0.6 is 0 Å². The second-order valence-electron chi connectivity index (χ2n) is 7.26. The van der Waals surface area contributed by atoms with E-state index < -0.39 is 0 Å². The van der Waals surface area contributed by atoms with E-state index in [1.165, 1.54) is 0 Å². The summed E-state index contributed by atoms with van der Waals surface area (Å²) in [6.07, 6.45) is 2.74. The number of carbonyl (C=O) groups excluding carboxylic acids is 1. The van der Waals surface area contributed by atoms with Crippen LogP contribution in [-0.4, -0.2) is 65.9 Å². The molecular weight excluding hydrogens is 308 g/mol. The van der Waals surface area contributed by atoms with E-state index in [1.54, 1.807) is 6.26 Å². The first-order valence-corrected chi connectivity index (χ1v) is 8.79. The van der Waals surface area contributed by atoms with E-state index in [2.05, 4.69) is 29.2 Å². The van der Waals surface area contributed by atoms with Crippen LogP contribution in [0, 0.1) is 5.41 Å². The maximum Gasteiger partial charge on any atom is 0.317 e. The topological polar surface area (TPSA) is 70.8 Å². The van der Waals surface area contributed by atoms with E-state index in [4.69, 9.17) is 9.26 Å². The molecule has 3 rings (SSSR count). The van der Waals surface area contributed by atoms with Crippen LogP contribution in [0.2, 0.25) is 0 Å². The number of rotatable bonds is 5. The van der Waals surface area contributed by atoms with E-state index in [1.807, 2.05) is 17.9 Å². The van der Waals surface area contributed by atoms with Crippen molar-refractivity contribution in [1.82, 2.24) is 20.3 Å². The molecule has 1 aromatic heterocycles. The zero-order chi connectivity index (χ0) is 17.2. The van der Waals surface area contributed by atoms with Crippen molar-refractivity contribution in [3.63, 3.8) is 0 Å². The normalized spacial score (nSPS) is 26.9. The highest BCUT2D eigenvalue weighted by Gasteiger charge is 2.49. The van der Waals surface area contributed by atoms with Crippen molar-refractivity contribution in [3.8, 4) is 0 Å². The highest BCUT2D eigenvalue weighted by atomic mass is 16.5. The molecule has 0 radical (unpaired) electrons. The van der Waals surface area contributed by atoms with Gasteiger partial charge in [-0.25, -0.2) is 4.79 Å². The van der Waals surface area contributed by atoms with Gasteiger partial charge in [-0.15, -0.1) is 0 Å². The number of amides is 2. The third kappa shape index (κ3) is 3.57. The molecule has 0 aromatic carbocycles. The fourth-order valence-corrected chi connectivity index (χ4v) is 3.51. The van der Waals surface area contributed by atoms with Crippen LogP contribution in [-0.2, 0) is 11.3 Å². The largest absolute Gasteiger partial charge is 0.378 e. The van der Waals surface area contributed by atoms with Crippen molar-refractivity contribution >= 4 is 6.03 Å². The predicted octanol–water partition coefficient (Wildman–Crippen LogP) is 1.71. The first-order chi connectivity index (χ1) is 11.5. The summed E-state index contributed by atoms with van der Waals surface area (Å²) in [5, 5.41) is 7.13. The number of piperazine rings is 1. The summed E-state index contributed by atoms with van der Waals surface area (Å²) < 4.78 is 10.6. The van der Waals surface area contributed by atoms with E-state index in [0.29, 0.717) is 0 Å². The Kier molecular flexibility index (Phi) is 5.10. The Morgan fingerprint density at radius 3 is 2.75 bits per heavy atom. The smallest absolute Gasteiger partial charge is 0.317 e. The third-order valence-corrected chi connectivity index (χ3v) is 5.38. The van der Waals surface area contributed by atoms with E-state index in [-0.39, 0.29) is 23.6 Å². The maximum absolute atomic E-state index is 12.5. The van der Waals surface area contributed by atoms with Crippen LogP contribution in [0.15, 0.2) is 16.9 Å². The number of urea groups is 1. The summed E-state index contributed by atoms with van der Waals surface area (Å²) >= 11 is 0. The molecule has 1 N–H and O–H groups in total. The van der Waals surface area contributed by atoms with Gasteiger partial charge in [0.1, 0.15) is 6.26 Å². The zero-order valence-corrected chi connectivity index (χ0v) is 14.8. The van der Waals surface area contributed by atoms with Gasteiger partial charge in [-0.05, 0) is 13.3 Å². The highest BCUT2D eigenvalue weighted by molar-refractivity contribution is 5.75.